The predicted octanol–water partition coefficient (Wildman–Crippen LogP) is 4.52. The summed E-state index contributed by atoms with van der Waals surface area (Å²) in [6, 6.07) is 19.1. The molecule has 3 aliphatic rings. The number of para-hydroxylation sites is 1. The second kappa shape index (κ2) is 8.71. The van der Waals surface area contributed by atoms with Crippen LogP contribution >= 0.6 is 11.6 Å². The Labute approximate surface area is 217 Å². The highest BCUT2D eigenvalue weighted by atomic mass is 35.5. The lowest BCUT2D eigenvalue weighted by Crippen LogP contribution is -2.44. The summed E-state index contributed by atoms with van der Waals surface area (Å²) < 4.78 is 4.89. The SMILES string of the molecule is COC(=O)c1ccccc1N1C(=O)[C@@H]2[C@H](C1=O)[C@@H]1c3ccccc3C=CN1[C@H]2C(=O)c1ccc(Cl)cc1. The molecule has 7 nitrogen and oxygen atoms in total. The maximum atomic E-state index is 14.0. The van der Waals surface area contributed by atoms with E-state index in [1.54, 1.807) is 48.7 Å². The number of imide groups is 1. The van der Waals surface area contributed by atoms with Crippen LogP contribution in [0.4, 0.5) is 5.69 Å². The van der Waals surface area contributed by atoms with Crippen molar-refractivity contribution < 1.29 is 23.9 Å². The van der Waals surface area contributed by atoms with Gasteiger partial charge in [0.1, 0.15) is 6.04 Å². The van der Waals surface area contributed by atoms with Crippen LogP contribution in [-0.4, -0.2) is 41.6 Å². The molecule has 2 fully saturated rings. The molecule has 0 aromatic heterocycles. The standard InChI is InChI=1S/C29H21ClN2O5/c1-37-29(36)20-8-4-5-9-21(20)32-27(34)22-23(28(32)35)25(26(33)17-10-12-18(30)13-11-17)31-15-14-16-6-2-3-7-19(16)24(22)31/h2-15,22-25H,1H3/t22-,23+,24-,25+/m0/s1. The van der Waals surface area contributed by atoms with E-state index in [1.165, 1.54) is 13.2 Å². The summed E-state index contributed by atoms with van der Waals surface area (Å²) in [4.78, 5) is 57.4. The minimum atomic E-state index is -0.942. The van der Waals surface area contributed by atoms with Gasteiger partial charge in [-0.25, -0.2) is 9.69 Å². The molecular weight excluding hydrogens is 492 g/mol. The van der Waals surface area contributed by atoms with E-state index in [9.17, 15) is 19.2 Å². The highest BCUT2D eigenvalue weighted by molar-refractivity contribution is 6.30. The third kappa shape index (κ3) is 3.42. The zero-order valence-corrected chi connectivity index (χ0v) is 20.5. The number of fused-ring (bicyclic) bond motifs is 5. The molecule has 2 saturated heterocycles. The lowest BCUT2D eigenvalue weighted by Gasteiger charge is -2.35. The molecule has 0 saturated carbocycles. The molecule has 6 rings (SSSR count). The number of hydrogen-bond acceptors (Lipinski definition) is 6. The average Bonchev–Trinajstić information content (AvgIpc) is 3.40. The van der Waals surface area contributed by atoms with Gasteiger partial charge in [0, 0.05) is 16.8 Å². The molecule has 37 heavy (non-hydrogen) atoms. The van der Waals surface area contributed by atoms with Crippen molar-refractivity contribution in [2.75, 3.05) is 12.0 Å². The Hall–Kier alpha value is -4.23. The Kier molecular flexibility index (Phi) is 5.46. The van der Waals surface area contributed by atoms with E-state index >= 15 is 0 Å². The van der Waals surface area contributed by atoms with Gasteiger partial charge >= 0.3 is 5.97 Å². The fourth-order valence-electron chi connectivity index (χ4n) is 5.83. The molecule has 4 atom stereocenters. The summed E-state index contributed by atoms with van der Waals surface area (Å²) >= 11 is 6.04. The minimum Gasteiger partial charge on any atom is -0.465 e. The molecule has 3 aliphatic heterocycles. The molecule has 184 valence electrons. The van der Waals surface area contributed by atoms with Crippen molar-refractivity contribution in [2.45, 2.75) is 12.1 Å². The van der Waals surface area contributed by atoms with Crippen molar-refractivity contribution in [2.24, 2.45) is 11.8 Å². The number of esters is 1. The van der Waals surface area contributed by atoms with Crippen LogP contribution in [0.3, 0.4) is 0 Å². The number of halogens is 1. The van der Waals surface area contributed by atoms with Gasteiger partial charge in [-0.1, -0.05) is 48.0 Å². The number of methoxy groups -OCH3 is 1. The van der Waals surface area contributed by atoms with E-state index in [-0.39, 0.29) is 17.0 Å². The minimum absolute atomic E-state index is 0.105. The molecule has 0 N–H and O–H groups in total. The van der Waals surface area contributed by atoms with Gasteiger partial charge < -0.3 is 9.64 Å². The van der Waals surface area contributed by atoms with Crippen LogP contribution in [0.5, 0.6) is 0 Å². The fourth-order valence-corrected chi connectivity index (χ4v) is 5.96. The van der Waals surface area contributed by atoms with Crippen molar-refractivity contribution in [3.63, 3.8) is 0 Å². The third-order valence-corrected chi connectivity index (χ3v) is 7.66. The van der Waals surface area contributed by atoms with Crippen molar-refractivity contribution in [3.05, 3.63) is 106 Å². The Balaban J connectivity index is 1.50. The van der Waals surface area contributed by atoms with Crippen molar-refractivity contribution >= 4 is 46.9 Å². The first kappa shape index (κ1) is 23.2. The zero-order valence-electron chi connectivity index (χ0n) is 19.7. The number of anilines is 1. The number of Topliss-reactive ketones (excluding diaryl/α,β-unsaturated/α-hetero) is 1. The van der Waals surface area contributed by atoms with Crippen molar-refractivity contribution in [1.82, 2.24) is 4.90 Å². The molecule has 3 aromatic rings. The Bertz CT molecular complexity index is 1500. The lowest BCUT2D eigenvalue weighted by atomic mass is 9.83. The fraction of sp³-hybridized carbons (Fsp3) is 0.172. The smallest absolute Gasteiger partial charge is 0.339 e. The first-order valence-electron chi connectivity index (χ1n) is 11.8. The summed E-state index contributed by atoms with van der Waals surface area (Å²) in [5.74, 6) is -3.65. The summed E-state index contributed by atoms with van der Waals surface area (Å²) in [6.07, 6.45) is 3.70. The van der Waals surface area contributed by atoms with E-state index in [2.05, 4.69) is 0 Å². The Morgan fingerprint density at radius 1 is 0.865 bits per heavy atom. The highest BCUT2D eigenvalue weighted by Crippen LogP contribution is 2.54. The molecular formula is C29H21ClN2O5. The van der Waals surface area contributed by atoms with Gasteiger partial charge in [0.05, 0.1) is 36.2 Å². The third-order valence-electron chi connectivity index (χ3n) is 7.41. The first-order chi connectivity index (χ1) is 17.9. The number of hydrogen-bond donors (Lipinski definition) is 0. The number of nitrogens with zero attached hydrogens (tertiary/aromatic N) is 2. The maximum Gasteiger partial charge on any atom is 0.339 e. The summed E-state index contributed by atoms with van der Waals surface area (Å²) in [5.41, 5.74) is 2.46. The lowest BCUT2D eigenvalue weighted by molar-refractivity contribution is -0.123. The van der Waals surface area contributed by atoms with Gasteiger partial charge in [-0.2, -0.15) is 0 Å². The molecule has 3 aromatic carbocycles. The van der Waals surface area contributed by atoms with Crippen LogP contribution in [0.25, 0.3) is 6.08 Å². The number of ether oxygens (including phenoxy) is 1. The normalized spacial score (nSPS) is 23.5. The molecule has 0 aliphatic carbocycles. The van der Waals surface area contributed by atoms with Gasteiger partial charge in [-0.05, 0) is 53.6 Å². The Morgan fingerprint density at radius 2 is 1.54 bits per heavy atom. The zero-order chi connectivity index (χ0) is 25.8. The van der Waals surface area contributed by atoms with E-state index in [4.69, 9.17) is 16.3 Å². The van der Waals surface area contributed by atoms with Gasteiger partial charge in [-0.15, -0.1) is 0 Å². The number of amides is 2. The summed E-state index contributed by atoms with van der Waals surface area (Å²) in [6.45, 7) is 0. The van der Waals surface area contributed by atoms with Gasteiger partial charge in [0.2, 0.25) is 11.8 Å². The first-order valence-corrected chi connectivity index (χ1v) is 12.2. The second-order valence-corrected chi connectivity index (χ2v) is 9.66. The molecule has 0 spiro atoms. The van der Waals surface area contributed by atoms with E-state index < -0.39 is 41.7 Å². The van der Waals surface area contributed by atoms with E-state index in [1.807, 2.05) is 35.2 Å². The van der Waals surface area contributed by atoms with Gasteiger partial charge in [0.25, 0.3) is 0 Å². The van der Waals surface area contributed by atoms with Crippen LogP contribution in [0.1, 0.15) is 37.9 Å². The number of carbonyl (C=O) groups is 4. The second-order valence-electron chi connectivity index (χ2n) is 9.22. The van der Waals surface area contributed by atoms with Crippen LogP contribution in [0, 0.1) is 11.8 Å². The topological polar surface area (TPSA) is 84.0 Å². The van der Waals surface area contributed by atoms with Crippen LogP contribution in [0.15, 0.2) is 79.0 Å². The van der Waals surface area contributed by atoms with Gasteiger partial charge in [-0.3, -0.25) is 14.4 Å². The molecule has 2 amide bonds. The molecule has 8 heteroatoms. The maximum absolute atomic E-state index is 14.0. The monoisotopic (exact) mass is 512 g/mol. The number of carbonyl (C=O) groups excluding carboxylic acids is 4. The van der Waals surface area contributed by atoms with Crippen LogP contribution in [-0.2, 0) is 14.3 Å². The number of benzene rings is 3. The van der Waals surface area contributed by atoms with Crippen LogP contribution < -0.4 is 4.90 Å². The van der Waals surface area contributed by atoms with Crippen molar-refractivity contribution in [3.8, 4) is 0 Å². The largest absolute Gasteiger partial charge is 0.465 e. The number of rotatable bonds is 4. The average molecular weight is 513 g/mol. The summed E-state index contributed by atoms with van der Waals surface area (Å²) in [5, 5.41) is 0.489. The predicted molar refractivity (Wildman–Crippen MR) is 137 cm³/mol. The molecule has 3 heterocycles. The molecule has 0 radical (unpaired) electrons. The van der Waals surface area contributed by atoms with Gasteiger partial charge in [0.15, 0.2) is 5.78 Å². The summed E-state index contributed by atoms with van der Waals surface area (Å²) in [7, 11) is 1.24. The van der Waals surface area contributed by atoms with E-state index in [0.29, 0.717) is 10.6 Å². The molecule has 0 bridgehead atoms. The quantitative estimate of drug-likeness (QED) is 0.290. The van der Waals surface area contributed by atoms with Crippen molar-refractivity contribution in [1.29, 1.82) is 0 Å². The van der Waals surface area contributed by atoms with E-state index in [0.717, 1.165) is 16.0 Å². The Morgan fingerprint density at radius 3 is 2.30 bits per heavy atom. The number of ketones is 1. The molecule has 0 unspecified atom stereocenters. The highest BCUT2D eigenvalue weighted by Gasteiger charge is 2.64. The van der Waals surface area contributed by atoms with Crippen LogP contribution in [0.2, 0.25) is 5.02 Å².